The van der Waals surface area contributed by atoms with Crippen LogP contribution in [0, 0.1) is 17.2 Å². The third-order valence-electron chi connectivity index (χ3n) is 2.88. The largest absolute Gasteiger partial charge is 0.372 e. The van der Waals surface area contributed by atoms with Crippen LogP contribution in [0.15, 0.2) is 24.3 Å². The average molecular weight is 216 g/mol. The Balaban J connectivity index is 2.72. The predicted octanol–water partition coefficient (Wildman–Crippen LogP) is 3.43. The highest BCUT2D eigenvalue weighted by Crippen LogP contribution is 2.19. The highest BCUT2D eigenvalue weighted by molar-refractivity contribution is 5.49. The van der Waals surface area contributed by atoms with Crippen LogP contribution in [0.4, 0.5) is 5.69 Å². The smallest absolute Gasteiger partial charge is 0.0991 e. The molecule has 2 nitrogen and oxygen atoms in total. The molecular formula is C14H20N2. The molecule has 0 aromatic heterocycles. The van der Waals surface area contributed by atoms with E-state index in [0.717, 1.165) is 0 Å². The number of benzene rings is 1. The van der Waals surface area contributed by atoms with Gasteiger partial charge in [0.1, 0.15) is 0 Å². The minimum atomic E-state index is 0.521. The van der Waals surface area contributed by atoms with Crippen molar-refractivity contribution in [1.29, 1.82) is 5.26 Å². The summed E-state index contributed by atoms with van der Waals surface area (Å²) in [5.41, 5.74) is 1.89. The van der Waals surface area contributed by atoms with Crippen molar-refractivity contribution < 1.29 is 0 Å². The first-order chi connectivity index (χ1) is 7.54. The van der Waals surface area contributed by atoms with Gasteiger partial charge in [-0.05, 0) is 43.5 Å². The molecule has 0 aliphatic rings. The summed E-state index contributed by atoms with van der Waals surface area (Å²) in [6.07, 6.45) is 1.18. The summed E-state index contributed by atoms with van der Waals surface area (Å²) in [6, 6.07) is 10.4. The van der Waals surface area contributed by atoms with Gasteiger partial charge >= 0.3 is 0 Å². The van der Waals surface area contributed by atoms with Gasteiger partial charge in [-0.3, -0.25) is 0 Å². The summed E-state index contributed by atoms with van der Waals surface area (Å²) in [4.78, 5) is 2.27. The minimum Gasteiger partial charge on any atom is -0.372 e. The molecule has 0 fully saturated rings. The van der Waals surface area contributed by atoms with E-state index in [2.05, 4.69) is 38.8 Å². The second-order valence-electron chi connectivity index (χ2n) is 4.75. The van der Waals surface area contributed by atoms with Gasteiger partial charge in [-0.2, -0.15) is 5.26 Å². The van der Waals surface area contributed by atoms with Crippen molar-refractivity contribution in [2.45, 2.75) is 33.2 Å². The van der Waals surface area contributed by atoms with E-state index in [0.29, 0.717) is 17.5 Å². The maximum absolute atomic E-state index is 8.73. The number of nitriles is 1. The molecule has 1 aromatic rings. The van der Waals surface area contributed by atoms with Crippen molar-refractivity contribution in [3.8, 4) is 6.07 Å². The fourth-order valence-corrected chi connectivity index (χ4v) is 1.87. The van der Waals surface area contributed by atoms with E-state index in [1.54, 1.807) is 0 Å². The number of hydrogen-bond acceptors (Lipinski definition) is 2. The van der Waals surface area contributed by atoms with E-state index in [4.69, 9.17) is 5.26 Å². The van der Waals surface area contributed by atoms with Gasteiger partial charge in [-0.1, -0.05) is 13.8 Å². The first kappa shape index (κ1) is 12.6. The molecule has 16 heavy (non-hydrogen) atoms. The Bertz CT molecular complexity index is 359. The predicted molar refractivity (Wildman–Crippen MR) is 68.5 cm³/mol. The summed E-state index contributed by atoms with van der Waals surface area (Å²) in [5, 5.41) is 8.73. The molecule has 1 unspecified atom stereocenters. The lowest BCUT2D eigenvalue weighted by atomic mass is 10.0. The fourth-order valence-electron chi connectivity index (χ4n) is 1.87. The molecule has 0 spiro atoms. The summed E-state index contributed by atoms with van der Waals surface area (Å²) < 4.78 is 0. The van der Waals surface area contributed by atoms with E-state index in [1.807, 2.05) is 24.3 Å². The van der Waals surface area contributed by atoms with Crippen molar-refractivity contribution in [2.75, 3.05) is 11.9 Å². The molecule has 0 amide bonds. The van der Waals surface area contributed by atoms with Crippen molar-refractivity contribution >= 4 is 5.69 Å². The van der Waals surface area contributed by atoms with Crippen molar-refractivity contribution in [3.05, 3.63) is 29.8 Å². The summed E-state index contributed by atoms with van der Waals surface area (Å²) in [6.45, 7) is 6.71. The van der Waals surface area contributed by atoms with E-state index in [9.17, 15) is 0 Å². The maximum Gasteiger partial charge on any atom is 0.0991 e. The van der Waals surface area contributed by atoms with Crippen LogP contribution in [0.5, 0.6) is 0 Å². The molecule has 0 aliphatic carbocycles. The Morgan fingerprint density at radius 1 is 1.19 bits per heavy atom. The van der Waals surface area contributed by atoms with Gasteiger partial charge in [-0.25, -0.2) is 0 Å². The van der Waals surface area contributed by atoms with Crippen LogP contribution in [0.3, 0.4) is 0 Å². The van der Waals surface area contributed by atoms with Crippen LogP contribution >= 0.6 is 0 Å². The molecule has 1 atom stereocenters. The maximum atomic E-state index is 8.73. The van der Waals surface area contributed by atoms with Crippen LogP contribution in [-0.2, 0) is 0 Å². The van der Waals surface area contributed by atoms with Crippen LogP contribution in [0.25, 0.3) is 0 Å². The van der Waals surface area contributed by atoms with E-state index in [-0.39, 0.29) is 0 Å². The Kier molecular flexibility index (Phi) is 4.37. The van der Waals surface area contributed by atoms with Gasteiger partial charge < -0.3 is 4.90 Å². The summed E-state index contributed by atoms with van der Waals surface area (Å²) in [5.74, 6) is 0.704. The quantitative estimate of drug-likeness (QED) is 0.771. The topological polar surface area (TPSA) is 27.0 Å². The first-order valence-corrected chi connectivity index (χ1v) is 5.77. The summed E-state index contributed by atoms with van der Waals surface area (Å²) in [7, 11) is 2.11. The standard InChI is InChI=1S/C14H20N2/c1-11(2)9-12(3)16(4)14-7-5-13(10-15)6-8-14/h5-8,11-12H,9H2,1-4H3. The van der Waals surface area contributed by atoms with Gasteiger partial charge in [0.2, 0.25) is 0 Å². The van der Waals surface area contributed by atoms with E-state index >= 15 is 0 Å². The molecular weight excluding hydrogens is 196 g/mol. The van der Waals surface area contributed by atoms with Gasteiger partial charge in [0, 0.05) is 18.8 Å². The van der Waals surface area contributed by atoms with E-state index in [1.165, 1.54) is 12.1 Å². The third kappa shape index (κ3) is 3.27. The summed E-state index contributed by atoms with van der Waals surface area (Å²) >= 11 is 0. The normalized spacial score (nSPS) is 12.2. The lowest BCUT2D eigenvalue weighted by Crippen LogP contribution is -2.29. The molecule has 0 bridgehead atoms. The van der Waals surface area contributed by atoms with Gasteiger partial charge in [0.05, 0.1) is 11.6 Å². The second kappa shape index (κ2) is 5.55. The molecule has 0 N–H and O–H groups in total. The van der Waals surface area contributed by atoms with Gasteiger partial charge in [0.25, 0.3) is 0 Å². The molecule has 0 aliphatic heterocycles. The highest BCUT2D eigenvalue weighted by atomic mass is 15.1. The molecule has 86 valence electrons. The molecule has 1 rings (SSSR count). The zero-order valence-electron chi connectivity index (χ0n) is 10.6. The average Bonchev–Trinajstić information content (AvgIpc) is 2.27. The lowest BCUT2D eigenvalue weighted by Gasteiger charge is -2.28. The zero-order valence-corrected chi connectivity index (χ0v) is 10.6. The van der Waals surface area contributed by atoms with Crippen molar-refractivity contribution in [1.82, 2.24) is 0 Å². The Morgan fingerprint density at radius 2 is 1.75 bits per heavy atom. The van der Waals surface area contributed by atoms with Crippen LogP contribution in [-0.4, -0.2) is 13.1 Å². The number of nitrogens with zero attached hydrogens (tertiary/aromatic N) is 2. The Morgan fingerprint density at radius 3 is 2.19 bits per heavy atom. The third-order valence-corrected chi connectivity index (χ3v) is 2.88. The molecule has 2 heteroatoms. The minimum absolute atomic E-state index is 0.521. The van der Waals surface area contributed by atoms with Crippen molar-refractivity contribution in [3.63, 3.8) is 0 Å². The number of anilines is 1. The Labute approximate surface area is 98.5 Å². The van der Waals surface area contributed by atoms with Crippen LogP contribution in [0.2, 0.25) is 0 Å². The zero-order chi connectivity index (χ0) is 12.1. The number of rotatable bonds is 4. The fraction of sp³-hybridized carbons (Fsp3) is 0.500. The SMILES string of the molecule is CC(C)CC(C)N(C)c1ccc(C#N)cc1. The molecule has 0 radical (unpaired) electrons. The van der Waals surface area contributed by atoms with Gasteiger partial charge in [-0.15, -0.1) is 0 Å². The molecule has 0 saturated heterocycles. The second-order valence-corrected chi connectivity index (χ2v) is 4.75. The van der Waals surface area contributed by atoms with Gasteiger partial charge in [0.15, 0.2) is 0 Å². The monoisotopic (exact) mass is 216 g/mol. The van der Waals surface area contributed by atoms with Crippen molar-refractivity contribution in [2.24, 2.45) is 5.92 Å². The number of hydrogen-bond donors (Lipinski definition) is 0. The van der Waals surface area contributed by atoms with E-state index < -0.39 is 0 Å². The van der Waals surface area contributed by atoms with Crippen LogP contribution in [0.1, 0.15) is 32.8 Å². The Hall–Kier alpha value is -1.49. The molecule has 0 saturated carbocycles. The highest BCUT2D eigenvalue weighted by Gasteiger charge is 2.11. The first-order valence-electron chi connectivity index (χ1n) is 5.77. The molecule has 0 heterocycles. The van der Waals surface area contributed by atoms with Crippen LogP contribution < -0.4 is 4.90 Å². The lowest BCUT2D eigenvalue weighted by molar-refractivity contribution is 0.504. The molecule has 1 aromatic carbocycles.